The van der Waals surface area contributed by atoms with Crippen LogP contribution in [-0.2, 0) is 4.74 Å². The Labute approximate surface area is 180 Å². The summed E-state index contributed by atoms with van der Waals surface area (Å²) in [5.41, 5.74) is 4.55. The second-order valence-corrected chi connectivity index (χ2v) is 7.41. The maximum absolute atomic E-state index is 13.2. The monoisotopic (exact) mass is 469 g/mol. The first-order valence-electron chi connectivity index (χ1n) is 9.23. The summed E-state index contributed by atoms with van der Waals surface area (Å²) >= 11 is 2.93. The number of alkyl carbamates (subject to hydrolysis) is 1. The number of rotatable bonds is 5. The Kier molecular flexibility index (Phi) is 5.76. The number of ether oxygens (including phenoxy) is 1. The van der Waals surface area contributed by atoms with Crippen molar-refractivity contribution in [3.8, 4) is 11.1 Å². The van der Waals surface area contributed by atoms with Crippen molar-refractivity contribution in [3.05, 3.63) is 87.9 Å². The standard InChI is InChI=1S/C22H17BrFN3O3/c23-20-18(24)9-10-19(27-20)21(28)25-12-26-22(29)30-11-17-15-7-3-1-5-13(15)14-6-2-4-8-16(14)17/h1-10,17H,11-12H2,(H,25,28)(H,26,29). The van der Waals surface area contributed by atoms with Gasteiger partial charge in [-0.25, -0.2) is 14.2 Å². The molecule has 0 atom stereocenters. The van der Waals surface area contributed by atoms with E-state index in [2.05, 4.69) is 43.7 Å². The van der Waals surface area contributed by atoms with Crippen molar-refractivity contribution in [1.29, 1.82) is 0 Å². The average Bonchev–Trinajstić information content (AvgIpc) is 3.08. The minimum Gasteiger partial charge on any atom is -0.449 e. The number of hydrogen-bond donors (Lipinski definition) is 2. The highest BCUT2D eigenvalue weighted by Gasteiger charge is 2.28. The van der Waals surface area contributed by atoms with Gasteiger partial charge in [0.15, 0.2) is 5.82 Å². The van der Waals surface area contributed by atoms with E-state index in [0.717, 1.165) is 28.3 Å². The van der Waals surface area contributed by atoms with E-state index >= 15 is 0 Å². The molecule has 1 heterocycles. The summed E-state index contributed by atoms with van der Waals surface area (Å²) in [4.78, 5) is 27.9. The Bertz CT molecular complexity index is 1080. The van der Waals surface area contributed by atoms with Crippen molar-refractivity contribution in [2.75, 3.05) is 13.3 Å². The van der Waals surface area contributed by atoms with Crippen LogP contribution in [0.2, 0.25) is 0 Å². The highest BCUT2D eigenvalue weighted by molar-refractivity contribution is 9.10. The lowest BCUT2D eigenvalue weighted by atomic mass is 9.98. The van der Waals surface area contributed by atoms with Gasteiger partial charge in [-0.15, -0.1) is 0 Å². The molecule has 0 aliphatic heterocycles. The second kappa shape index (κ2) is 8.62. The summed E-state index contributed by atoms with van der Waals surface area (Å²) in [6, 6.07) is 18.5. The van der Waals surface area contributed by atoms with E-state index in [1.165, 1.54) is 6.07 Å². The molecule has 152 valence electrons. The van der Waals surface area contributed by atoms with E-state index in [1.54, 1.807) is 0 Å². The number of hydrogen-bond acceptors (Lipinski definition) is 4. The third-order valence-corrected chi connectivity index (χ3v) is 5.42. The van der Waals surface area contributed by atoms with Crippen LogP contribution in [0.25, 0.3) is 11.1 Å². The van der Waals surface area contributed by atoms with Crippen LogP contribution in [0.5, 0.6) is 0 Å². The first kappa shape index (κ1) is 20.0. The zero-order chi connectivity index (χ0) is 21.1. The fourth-order valence-corrected chi connectivity index (χ4v) is 3.80. The fraction of sp³-hybridized carbons (Fsp3) is 0.136. The molecule has 4 rings (SSSR count). The molecular weight excluding hydrogens is 453 g/mol. The smallest absolute Gasteiger partial charge is 0.408 e. The molecule has 30 heavy (non-hydrogen) atoms. The van der Waals surface area contributed by atoms with Crippen LogP contribution in [0.1, 0.15) is 27.5 Å². The number of amides is 2. The minimum absolute atomic E-state index is 0.0256. The predicted octanol–water partition coefficient (Wildman–Crippen LogP) is 4.21. The molecule has 0 fully saturated rings. The molecule has 0 unspecified atom stereocenters. The number of carbonyl (C=O) groups excluding carboxylic acids is 2. The molecule has 2 aromatic carbocycles. The van der Waals surface area contributed by atoms with Gasteiger partial charge in [-0.1, -0.05) is 48.5 Å². The molecule has 2 N–H and O–H groups in total. The molecule has 1 aliphatic rings. The van der Waals surface area contributed by atoms with Crippen LogP contribution in [0.15, 0.2) is 65.3 Å². The predicted molar refractivity (Wildman–Crippen MR) is 112 cm³/mol. The third-order valence-electron chi connectivity index (χ3n) is 4.86. The lowest BCUT2D eigenvalue weighted by Gasteiger charge is -2.14. The van der Waals surface area contributed by atoms with Crippen molar-refractivity contribution in [2.24, 2.45) is 0 Å². The van der Waals surface area contributed by atoms with Crippen LogP contribution in [0, 0.1) is 5.82 Å². The molecule has 2 amide bonds. The quantitative estimate of drug-likeness (QED) is 0.433. The number of carbonyl (C=O) groups is 2. The zero-order valence-electron chi connectivity index (χ0n) is 15.7. The van der Waals surface area contributed by atoms with Crippen molar-refractivity contribution < 1.29 is 18.7 Å². The molecular formula is C22H17BrFN3O3. The number of nitrogens with one attached hydrogen (secondary N) is 2. The number of pyridine rings is 1. The highest BCUT2D eigenvalue weighted by atomic mass is 79.9. The Balaban J connectivity index is 1.31. The van der Waals surface area contributed by atoms with E-state index in [9.17, 15) is 14.0 Å². The number of nitrogens with zero attached hydrogens (tertiary/aromatic N) is 1. The molecule has 0 spiro atoms. The molecule has 0 bridgehead atoms. The third kappa shape index (κ3) is 4.04. The van der Waals surface area contributed by atoms with E-state index in [-0.39, 0.29) is 29.5 Å². The van der Waals surface area contributed by atoms with E-state index in [4.69, 9.17) is 4.74 Å². The molecule has 1 aromatic heterocycles. The summed E-state index contributed by atoms with van der Waals surface area (Å²) in [7, 11) is 0. The Morgan fingerprint density at radius 2 is 1.60 bits per heavy atom. The Morgan fingerprint density at radius 1 is 0.967 bits per heavy atom. The van der Waals surface area contributed by atoms with Gasteiger partial charge in [0.2, 0.25) is 0 Å². The van der Waals surface area contributed by atoms with Gasteiger partial charge >= 0.3 is 6.09 Å². The maximum Gasteiger partial charge on any atom is 0.408 e. The molecule has 0 radical (unpaired) electrons. The van der Waals surface area contributed by atoms with Crippen LogP contribution in [-0.4, -0.2) is 30.3 Å². The van der Waals surface area contributed by atoms with Crippen LogP contribution in [0.3, 0.4) is 0 Å². The molecule has 0 saturated heterocycles. The second-order valence-electron chi connectivity index (χ2n) is 6.65. The molecule has 1 aliphatic carbocycles. The summed E-state index contributed by atoms with van der Waals surface area (Å²) in [6.07, 6.45) is -0.648. The largest absolute Gasteiger partial charge is 0.449 e. The van der Waals surface area contributed by atoms with Crippen molar-refractivity contribution in [2.45, 2.75) is 5.92 Å². The van der Waals surface area contributed by atoms with Crippen LogP contribution < -0.4 is 10.6 Å². The average molecular weight is 470 g/mol. The Hall–Kier alpha value is -3.26. The SMILES string of the molecule is O=C(NCNC(=O)c1ccc(F)c(Br)n1)OCC1c2ccccc2-c2ccccc21. The van der Waals surface area contributed by atoms with E-state index in [1.807, 2.05) is 36.4 Å². The number of halogens is 2. The van der Waals surface area contributed by atoms with Gasteiger partial charge in [0.05, 0.1) is 6.67 Å². The Morgan fingerprint density at radius 3 is 2.23 bits per heavy atom. The van der Waals surface area contributed by atoms with Gasteiger partial charge in [0.1, 0.15) is 16.9 Å². The molecule has 3 aromatic rings. The lowest BCUT2D eigenvalue weighted by molar-refractivity contribution is 0.0942. The first-order valence-corrected chi connectivity index (χ1v) is 10.0. The van der Waals surface area contributed by atoms with Gasteiger partial charge in [0.25, 0.3) is 5.91 Å². The van der Waals surface area contributed by atoms with E-state index in [0.29, 0.717) is 0 Å². The van der Waals surface area contributed by atoms with Gasteiger partial charge < -0.3 is 15.4 Å². The zero-order valence-corrected chi connectivity index (χ0v) is 17.3. The van der Waals surface area contributed by atoms with Crippen molar-refractivity contribution in [3.63, 3.8) is 0 Å². The van der Waals surface area contributed by atoms with Crippen molar-refractivity contribution in [1.82, 2.24) is 15.6 Å². The lowest BCUT2D eigenvalue weighted by Crippen LogP contribution is -2.38. The van der Waals surface area contributed by atoms with Crippen LogP contribution in [0.4, 0.5) is 9.18 Å². The summed E-state index contributed by atoms with van der Waals surface area (Å²) in [5, 5.41) is 4.95. The number of fused-ring (bicyclic) bond motifs is 3. The van der Waals surface area contributed by atoms with Gasteiger partial charge in [0, 0.05) is 5.92 Å². The first-order chi connectivity index (χ1) is 14.5. The summed E-state index contributed by atoms with van der Waals surface area (Å²) < 4.78 is 18.5. The van der Waals surface area contributed by atoms with Crippen molar-refractivity contribution >= 4 is 27.9 Å². The topological polar surface area (TPSA) is 80.3 Å². The highest BCUT2D eigenvalue weighted by Crippen LogP contribution is 2.44. The molecule has 0 saturated carbocycles. The number of benzene rings is 2. The van der Waals surface area contributed by atoms with Gasteiger partial charge in [-0.2, -0.15) is 0 Å². The fourth-order valence-electron chi connectivity index (χ4n) is 3.48. The number of aromatic nitrogens is 1. The maximum atomic E-state index is 13.2. The molecule has 6 nitrogen and oxygen atoms in total. The van der Waals surface area contributed by atoms with Crippen LogP contribution >= 0.6 is 15.9 Å². The van der Waals surface area contributed by atoms with Gasteiger partial charge in [-0.05, 0) is 50.3 Å². The van der Waals surface area contributed by atoms with E-state index < -0.39 is 17.8 Å². The normalized spacial score (nSPS) is 12.1. The summed E-state index contributed by atoms with van der Waals surface area (Å²) in [5.74, 6) is -1.16. The summed E-state index contributed by atoms with van der Waals surface area (Å²) in [6.45, 7) is 0.0342. The molecule has 8 heteroatoms. The van der Waals surface area contributed by atoms with Gasteiger partial charge in [-0.3, -0.25) is 4.79 Å². The minimum atomic E-state index is -0.648.